The van der Waals surface area contributed by atoms with Gasteiger partial charge >= 0.3 is 0 Å². The molecule has 5 nitrogen and oxygen atoms in total. The van der Waals surface area contributed by atoms with Crippen molar-refractivity contribution in [2.45, 2.75) is 33.2 Å². The van der Waals surface area contributed by atoms with Gasteiger partial charge in [0.15, 0.2) is 4.77 Å². The maximum Gasteiger partial charge on any atom is 0.217 e. The van der Waals surface area contributed by atoms with Crippen LogP contribution in [0, 0.1) is 10.7 Å². The normalized spacial score (nSPS) is 10.9. The SMILES string of the molecule is CC(C)Cn1c(CCC(N)=O)n[nH]c1=S. The topological polar surface area (TPSA) is 76.7 Å². The first-order valence-electron chi connectivity index (χ1n) is 4.93. The van der Waals surface area contributed by atoms with Crippen LogP contribution >= 0.6 is 12.2 Å². The van der Waals surface area contributed by atoms with Gasteiger partial charge in [0.25, 0.3) is 0 Å². The molecule has 0 aliphatic carbocycles. The number of aromatic amines is 1. The van der Waals surface area contributed by atoms with Gasteiger partial charge in [-0.25, -0.2) is 0 Å². The van der Waals surface area contributed by atoms with E-state index in [9.17, 15) is 4.79 Å². The van der Waals surface area contributed by atoms with Gasteiger partial charge in [0.1, 0.15) is 5.82 Å². The van der Waals surface area contributed by atoms with Crippen molar-refractivity contribution in [2.24, 2.45) is 11.7 Å². The Morgan fingerprint density at radius 3 is 2.87 bits per heavy atom. The van der Waals surface area contributed by atoms with E-state index in [1.54, 1.807) is 0 Å². The Labute approximate surface area is 93.7 Å². The molecule has 0 atom stereocenters. The van der Waals surface area contributed by atoms with Crippen molar-refractivity contribution in [1.82, 2.24) is 14.8 Å². The standard InChI is InChI=1S/C9H16N4OS/c1-6(2)5-13-8(4-3-7(10)14)11-12-9(13)15/h6H,3-5H2,1-2H3,(H2,10,14)(H,12,15). The number of carbonyl (C=O) groups is 1. The third-order valence-electron chi connectivity index (χ3n) is 1.98. The van der Waals surface area contributed by atoms with Gasteiger partial charge in [-0.15, -0.1) is 0 Å². The van der Waals surface area contributed by atoms with E-state index in [0.29, 0.717) is 23.5 Å². The van der Waals surface area contributed by atoms with Gasteiger partial charge in [0.05, 0.1) is 0 Å². The van der Waals surface area contributed by atoms with Crippen molar-refractivity contribution in [3.05, 3.63) is 10.6 Å². The number of aryl methyl sites for hydroxylation is 1. The lowest BCUT2D eigenvalue weighted by atomic mass is 10.2. The van der Waals surface area contributed by atoms with E-state index >= 15 is 0 Å². The lowest BCUT2D eigenvalue weighted by Crippen LogP contribution is -2.14. The molecule has 6 heteroatoms. The maximum atomic E-state index is 10.7. The number of hydrogen-bond donors (Lipinski definition) is 2. The number of nitrogens with one attached hydrogen (secondary N) is 1. The largest absolute Gasteiger partial charge is 0.370 e. The number of amides is 1. The third-order valence-corrected chi connectivity index (χ3v) is 2.29. The first kappa shape index (κ1) is 11.9. The average molecular weight is 228 g/mol. The van der Waals surface area contributed by atoms with Crippen molar-refractivity contribution in [3.8, 4) is 0 Å². The lowest BCUT2D eigenvalue weighted by Gasteiger charge is -2.08. The second-order valence-electron chi connectivity index (χ2n) is 3.92. The molecule has 0 aliphatic rings. The molecule has 1 aromatic rings. The minimum atomic E-state index is -0.319. The number of hydrogen-bond acceptors (Lipinski definition) is 3. The molecule has 0 aliphatic heterocycles. The summed E-state index contributed by atoms with van der Waals surface area (Å²) in [5.74, 6) is 0.967. The van der Waals surface area contributed by atoms with Crippen molar-refractivity contribution in [1.29, 1.82) is 0 Å². The molecule has 0 spiro atoms. The Kier molecular flexibility index (Phi) is 4.02. The Hall–Kier alpha value is -1.17. The summed E-state index contributed by atoms with van der Waals surface area (Å²) in [6.45, 7) is 5.02. The monoisotopic (exact) mass is 228 g/mol. The van der Waals surface area contributed by atoms with Crippen LogP contribution in [0.2, 0.25) is 0 Å². The molecule has 0 radical (unpaired) electrons. The first-order chi connectivity index (χ1) is 7.00. The number of primary amides is 1. The average Bonchev–Trinajstić information content (AvgIpc) is 2.44. The highest BCUT2D eigenvalue weighted by Gasteiger charge is 2.08. The summed E-state index contributed by atoms with van der Waals surface area (Å²) < 4.78 is 2.52. The van der Waals surface area contributed by atoms with Gasteiger partial charge in [0.2, 0.25) is 5.91 Å². The van der Waals surface area contributed by atoms with E-state index < -0.39 is 0 Å². The summed E-state index contributed by atoms with van der Waals surface area (Å²) in [6.07, 6.45) is 0.840. The summed E-state index contributed by atoms with van der Waals surface area (Å²) in [5, 5.41) is 6.81. The molecular weight excluding hydrogens is 212 g/mol. The Morgan fingerprint density at radius 1 is 1.67 bits per heavy atom. The fraction of sp³-hybridized carbons (Fsp3) is 0.667. The second kappa shape index (κ2) is 5.06. The predicted octanol–water partition coefficient (Wildman–Crippen LogP) is 1.01. The first-order valence-corrected chi connectivity index (χ1v) is 5.34. The molecule has 1 aromatic heterocycles. The van der Waals surface area contributed by atoms with Crippen molar-refractivity contribution >= 4 is 18.1 Å². The molecular formula is C9H16N4OS. The molecule has 1 amide bonds. The van der Waals surface area contributed by atoms with Crippen molar-refractivity contribution < 1.29 is 4.79 Å². The third kappa shape index (κ3) is 3.47. The summed E-state index contributed by atoms with van der Waals surface area (Å²) >= 11 is 5.10. The van der Waals surface area contributed by atoms with Gasteiger partial charge in [-0.2, -0.15) is 5.10 Å². The number of rotatable bonds is 5. The predicted molar refractivity (Wildman–Crippen MR) is 59.8 cm³/mol. The van der Waals surface area contributed by atoms with E-state index in [0.717, 1.165) is 12.4 Å². The van der Waals surface area contributed by atoms with Crippen LogP contribution in [0.5, 0.6) is 0 Å². The second-order valence-corrected chi connectivity index (χ2v) is 4.30. The molecule has 84 valence electrons. The van der Waals surface area contributed by atoms with E-state index in [-0.39, 0.29) is 5.91 Å². The molecule has 0 bridgehead atoms. The van der Waals surface area contributed by atoms with Crippen molar-refractivity contribution in [2.75, 3.05) is 0 Å². The lowest BCUT2D eigenvalue weighted by molar-refractivity contribution is -0.118. The van der Waals surface area contributed by atoms with Crippen molar-refractivity contribution in [3.63, 3.8) is 0 Å². The van der Waals surface area contributed by atoms with Crippen LogP contribution in [-0.4, -0.2) is 20.7 Å². The summed E-state index contributed by atoms with van der Waals surface area (Å²) in [4.78, 5) is 10.7. The van der Waals surface area contributed by atoms with E-state index in [1.165, 1.54) is 0 Å². The molecule has 1 rings (SSSR count). The van der Waals surface area contributed by atoms with Crippen LogP contribution in [0.15, 0.2) is 0 Å². The molecule has 0 saturated heterocycles. The fourth-order valence-corrected chi connectivity index (χ4v) is 1.56. The zero-order chi connectivity index (χ0) is 11.4. The van der Waals surface area contributed by atoms with E-state index in [1.807, 2.05) is 4.57 Å². The number of aromatic nitrogens is 3. The van der Waals surface area contributed by atoms with Crippen LogP contribution in [0.4, 0.5) is 0 Å². The quantitative estimate of drug-likeness (QED) is 0.738. The molecule has 15 heavy (non-hydrogen) atoms. The fourth-order valence-electron chi connectivity index (χ4n) is 1.33. The van der Waals surface area contributed by atoms with Gasteiger partial charge in [-0.1, -0.05) is 13.8 Å². The molecule has 1 heterocycles. The number of carbonyl (C=O) groups excluding carboxylic acids is 1. The van der Waals surface area contributed by atoms with Crippen LogP contribution in [-0.2, 0) is 17.8 Å². The van der Waals surface area contributed by atoms with Crippen LogP contribution in [0.3, 0.4) is 0 Å². The van der Waals surface area contributed by atoms with E-state index in [2.05, 4.69) is 24.0 Å². The smallest absolute Gasteiger partial charge is 0.217 e. The zero-order valence-corrected chi connectivity index (χ0v) is 9.80. The van der Waals surface area contributed by atoms with Crippen LogP contribution in [0.1, 0.15) is 26.1 Å². The summed E-state index contributed by atoms with van der Waals surface area (Å²) in [6, 6.07) is 0. The number of nitrogens with zero attached hydrogens (tertiary/aromatic N) is 2. The molecule has 0 aromatic carbocycles. The Morgan fingerprint density at radius 2 is 2.33 bits per heavy atom. The minimum absolute atomic E-state index is 0.303. The van der Waals surface area contributed by atoms with Gasteiger partial charge < -0.3 is 10.3 Å². The molecule has 0 unspecified atom stereocenters. The van der Waals surface area contributed by atoms with Crippen LogP contribution < -0.4 is 5.73 Å². The Bertz CT molecular complexity index is 393. The maximum absolute atomic E-state index is 10.7. The van der Waals surface area contributed by atoms with Crippen LogP contribution in [0.25, 0.3) is 0 Å². The minimum Gasteiger partial charge on any atom is -0.370 e. The van der Waals surface area contributed by atoms with Gasteiger partial charge in [0, 0.05) is 19.4 Å². The molecule has 0 saturated carbocycles. The van der Waals surface area contributed by atoms with Gasteiger partial charge in [-0.05, 0) is 18.1 Å². The molecule has 3 N–H and O–H groups in total. The Balaban J connectivity index is 2.79. The summed E-state index contributed by atoms with van der Waals surface area (Å²) in [7, 11) is 0. The van der Waals surface area contributed by atoms with E-state index in [4.69, 9.17) is 18.0 Å². The highest BCUT2D eigenvalue weighted by Crippen LogP contribution is 2.05. The van der Waals surface area contributed by atoms with Gasteiger partial charge in [-0.3, -0.25) is 9.89 Å². The number of nitrogens with two attached hydrogens (primary N) is 1. The highest BCUT2D eigenvalue weighted by atomic mass is 32.1. The molecule has 0 fully saturated rings. The number of H-pyrrole nitrogens is 1. The highest BCUT2D eigenvalue weighted by molar-refractivity contribution is 7.71. The zero-order valence-electron chi connectivity index (χ0n) is 8.99. The summed E-state index contributed by atoms with van der Waals surface area (Å²) in [5.41, 5.74) is 5.09.